The van der Waals surface area contributed by atoms with Gasteiger partial charge < -0.3 is 19.7 Å². The molecule has 2 aromatic rings. The maximum atomic E-state index is 9.77. The van der Waals surface area contributed by atoms with Gasteiger partial charge in [0.1, 0.15) is 5.75 Å². The van der Waals surface area contributed by atoms with Crippen LogP contribution < -0.4 is 9.47 Å². The highest BCUT2D eigenvalue weighted by Gasteiger charge is 2.08. The molecular weight excluding hydrogens is 268 g/mol. The van der Waals surface area contributed by atoms with Crippen LogP contribution >= 0.6 is 0 Å². The van der Waals surface area contributed by atoms with Crippen molar-refractivity contribution in [3.63, 3.8) is 0 Å². The summed E-state index contributed by atoms with van der Waals surface area (Å²) >= 11 is 0. The van der Waals surface area contributed by atoms with E-state index in [2.05, 4.69) is 0 Å². The first-order valence-electron chi connectivity index (χ1n) is 6.91. The van der Waals surface area contributed by atoms with Crippen molar-refractivity contribution < 1.29 is 19.7 Å². The van der Waals surface area contributed by atoms with Crippen LogP contribution in [0.4, 0.5) is 0 Å². The Morgan fingerprint density at radius 2 is 1.76 bits per heavy atom. The zero-order valence-electron chi connectivity index (χ0n) is 12.2. The van der Waals surface area contributed by atoms with Crippen molar-refractivity contribution in [3.05, 3.63) is 53.6 Å². The molecule has 1 atom stereocenters. The van der Waals surface area contributed by atoms with Crippen LogP contribution in [0.25, 0.3) is 0 Å². The van der Waals surface area contributed by atoms with E-state index in [9.17, 15) is 5.11 Å². The molecule has 21 heavy (non-hydrogen) atoms. The highest BCUT2D eigenvalue weighted by molar-refractivity contribution is 5.45. The molecule has 0 heterocycles. The number of benzene rings is 2. The summed E-state index contributed by atoms with van der Waals surface area (Å²) in [6, 6.07) is 12.6. The van der Waals surface area contributed by atoms with Crippen LogP contribution in [0.15, 0.2) is 42.5 Å². The Morgan fingerprint density at radius 1 is 1.05 bits per heavy atom. The molecule has 0 spiro atoms. The summed E-state index contributed by atoms with van der Waals surface area (Å²) in [7, 11) is 1.56. The number of rotatable bonds is 6. The molecule has 112 valence electrons. The lowest BCUT2D eigenvalue weighted by Gasteiger charge is -2.13. The lowest BCUT2D eigenvalue weighted by Crippen LogP contribution is -1.95. The van der Waals surface area contributed by atoms with Gasteiger partial charge in [-0.3, -0.25) is 0 Å². The minimum Gasteiger partial charge on any atom is -0.493 e. The molecule has 0 aliphatic carbocycles. The highest BCUT2D eigenvalue weighted by Crippen LogP contribution is 2.32. The fourth-order valence-corrected chi connectivity index (χ4v) is 2.02. The van der Waals surface area contributed by atoms with Gasteiger partial charge in [-0.05, 0) is 41.8 Å². The Labute approximate surface area is 124 Å². The quantitative estimate of drug-likeness (QED) is 0.855. The van der Waals surface area contributed by atoms with Gasteiger partial charge in [-0.1, -0.05) is 25.1 Å². The first-order chi connectivity index (χ1) is 10.2. The minimum atomic E-state index is -0.447. The predicted octanol–water partition coefficient (Wildman–Crippen LogP) is 3.42. The second-order valence-corrected chi connectivity index (χ2v) is 4.74. The smallest absolute Gasteiger partial charge is 0.169 e. The molecule has 0 bridgehead atoms. The summed E-state index contributed by atoms with van der Waals surface area (Å²) in [6.45, 7) is 1.89. The first-order valence-corrected chi connectivity index (χ1v) is 6.91. The van der Waals surface area contributed by atoms with Crippen molar-refractivity contribution >= 4 is 0 Å². The van der Waals surface area contributed by atoms with Gasteiger partial charge in [0, 0.05) is 0 Å². The van der Waals surface area contributed by atoms with Gasteiger partial charge >= 0.3 is 0 Å². The van der Waals surface area contributed by atoms with E-state index in [-0.39, 0.29) is 6.61 Å². The second kappa shape index (κ2) is 7.11. The maximum Gasteiger partial charge on any atom is 0.169 e. The van der Waals surface area contributed by atoms with Gasteiger partial charge in [-0.25, -0.2) is 0 Å². The lowest BCUT2D eigenvalue weighted by atomic mass is 10.1. The third kappa shape index (κ3) is 3.74. The SMILES string of the molecule is CC[C@@H](O)c1ccc(Oc2ccc(CO)cc2OC)cc1. The summed E-state index contributed by atoms with van der Waals surface area (Å²) in [4.78, 5) is 0. The predicted molar refractivity (Wildman–Crippen MR) is 80.7 cm³/mol. The van der Waals surface area contributed by atoms with E-state index in [1.54, 1.807) is 25.3 Å². The van der Waals surface area contributed by atoms with Gasteiger partial charge in [-0.15, -0.1) is 0 Å². The van der Waals surface area contributed by atoms with E-state index >= 15 is 0 Å². The van der Waals surface area contributed by atoms with E-state index in [4.69, 9.17) is 14.6 Å². The molecule has 0 saturated heterocycles. The molecule has 0 amide bonds. The van der Waals surface area contributed by atoms with Crippen molar-refractivity contribution in [1.82, 2.24) is 0 Å². The summed E-state index contributed by atoms with van der Waals surface area (Å²) in [6.07, 6.45) is 0.230. The van der Waals surface area contributed by atoms with Gasteiger partial charge in [-0.2, -0.15) is 0 Å². The van der Waals surface area contributed by atoms with E-state index in [1.165, 1.54) is 0 Å². The molecule has 0 radical (unpaired) electrons. The van der Waals surface area contributed by atoms with E-state index in [0.29, 0.717) is 23.7 Å². The third-order valence-corrected chi connectivity index (χ3v) is 3.29. The van der Waals surface area contributed by atoms with Crippen molar-refractivity contribution in [1.29, 1.82) is 0 Å². The zero-order chi connectivity index (χ0) is 15.2. The fraction of sp³-hybridized carbons (Fsp3) is 0.294. The van der Waals surface area contributed by atoms with Crippen LogP contribution in [0, 0.1) is 0 Å². The van der Waals surface area contributed by atoms with E-state index < -0.39 is 6.10 Å². The fourth-order valence-electron chi connectivity index (χ4n) is 2.02. The lowest BCUT2D eigenvalue weighted by molar-refractivity contribution is 0.173. The van der Waals surface area contributed by atoms with Crippen molar-refractivity contribution in [2.45, 2.75) is 26.1 Å². The Morgan fingerprint density at radius 3 is 2.33 bits per heavy atom. The first kappa shape index (κ1) is 15.4. The molecule has 0 aliphatic heterocycles. The highest BCUT2D eigenvalue weighted by atomic mass is 16.5. The molecule has 2 aromatic carbocycles. The summed E-state index contributed by atoms with van der Waals surface area (Å²) < 4.78 is 11.0. The molecule has 0 unspecified atom stereocenters. The Bertz CT molecular complexity index is 578. The van der Waals surface area contributed by atoms with Crippen LogP contribution in [0.5, 0.6) is 17.2 Å². The minimum absolute atomic E-state index is 0.0414. The summed E-state index contributed by atoms with van der Waals surface area (Å²) in [5.74, 6) is 1.81. The summed E-state index contributed by atoms with van der Waals surface area (Å²) in [5, 5.41) is 18.9. The van der Waals surface area contributed by atoms with Gasteiger partial charge in [0.15, 0.2) is 11.5 Å². The molecule has 2 rings (SSSR count). The monoisotopic (exact) mass is 288 g/mol. The zero-order valence-corrected chi connectivity index (χ0v) is 12.2. The Kier molecular flexibility index (Phi) is 5.20. The molecular formula is C17H20O4. The molecule has 0 aromatic heterocycles. The number of ether oxygens (including phenoxy) is 2. The largest absolute Gasteiger partial charge is 0.493 e. The van der Waals surface area contributed by atoms with Crippen LogP contribution in [0.1, 0.15) is 30.6 Å². The molecule has 2 N–H and O–H groups in total. The standard InChI is InChI=1S/C17H20O4/c1-3-15(19)13-5-7-14(8-6-13)21-16-9-4-12(11-18)10-17(16)20-2/h4-10,15,18-19H,3,11H2,1-2H3/t15-/m1/s1. The topological polar surface area (TPSA) is 58.9 Å². The number of aliphatic hydroxyl groups excluding tert-OH is 2. The molecule has 4 heteroatoms. The van der Waals surface area contributed by atoms with Gasteiger partial charge in [0.25, 0.3) is 0 Å². The second-order valence-electron chi connectivity index (χ2n) is 4.74. The average Bonchev–Trinajstić information content (AvgIpc) is 2.55. The normalized spacial score (nSPS) is 12.0. The molecule has 0 saturated carbocycles. The number of methoxy groups -OCH3 is 1. The van der Waals surface area contributed by atoms with Crippen molar-refractivity contribution in [3.8, 4) is 17.2 Å². The van der Waals surface area contributed by atoms with Crippen LogP contribution in [0.3, 0.4) is 0 Å². The Balaban J connectivity index is 2.18. The van der Waals surface area contributed by atoms with Crippen LogP contribution in [0.2, 0.25) is 0 Å². The third-order valence-electron chi connectivity index (χ3n) is 3.29. The summed E-state index contributed by atoms with van der Waals surface area (Å²) in [5.41, 5.74) is 1.63. The van der Waals surface area contributed by atoms with Gasteiger partial charge in [0.2, 0.25) is 0 Å². The van der Waals surface area contributed by atoms with Crippen molar-refractivity contribution in [2.24, 2.45) is 0 Å². The van der Waals surface area contributed by atoms with Crippen molar-refractivity contribution in [2.75, 3.05) is 7.11 Å². The number of hydrogen-bond donors (Lipinski definition) is 2. The van der Waals surface area contributed by atoms with Crippen LogP contribution in [-0.2, 0) is 6.61 Å². The van der Waals surface area contributed by atoms with E-state index in [0.717, 1.165) is 11.1 Å². The maximum absolute atomic E-state index is 9.77. The van der Waals surface area contributed by atoms with E-state index in [1.807, 2.05) is 31.2 Å². The number of hydrogen-bond acceptors (Lipinski definition) is 4. The van der Waals surface area contributed by atoms with Crippen LogP contribution in [-0.4, -0.2) is 17.3 Å². The molecule has 0 fully saturated rings. The molecule has 4 nitrogen and oxygen atoms in total. The average molecular weight is 288 g/mol. The number of aliphatic hydroxyl groups is 2. The van der Waals surface area contributed by atoms with Gasteiger partial charge in [0.05, 0.1) is 19.8 Å². The Hall–Kier alpha value is -2.04. The molecule has 0 aliphatic rings.